The van der Waals surface area contributed by atoms with E-state index >= 15 is 0 Å². The van der Waals surface area contributed by atoms with Crippen molar-refractivity contribution in [2.45, 2.75) is 91.3 Å². The van der Waals surface area contributed by atoms with Crippen LogP contribution in [0.4, 0.5) is 22.7 Å². The van der Waals surface area contributed by atoms with Gasteiger partial charge in [0, 0.05) is 147 Å². The lowest BCUT2D eigenvalue weighted by atomic mass is 9.86. The van der Waals surface area contributed by atoms with E-state index in [4.69, 9.17) is 0 Å². The number of hydrogen-bond donors (Lipinski definition) is 0. The summed E-state index contributed by atoms with van der Waals surface area (Å²) in [6, 6.07) is 57.7. The lowest BCUT2D eigenvalue weighted by Gasteiger charge is -2.35. The normalized spacial score (nSPS) is 20.3. The summed E-state index contributed by atoms with van der Waals surface area (Å²) >= 11 is 0. The maximum absolute atomic E-state index is 2.35. The Bertz CT molecular complexity index is 4460. The monoisotopic (exact) mass is 1330 g/mol. The van der Waals surface area contributed by atoms with Gasteiger partial charge in [-0.3, -0.25) is 0 Å². The van der Waals surface area contributed by atoms with Crippen LogP contribution < -0.4 is 25.1 Å². The van der Waals surface area contributed by atoms with Gasteiger partial charge in [-0.1, -0.05) is 228 Å². The second-order valence-electron chi connectivity index (χ2n) is 27.3. The molecule has 0 N–H and O–H groups in total. The first-order valence-corrected chi connectivity index (χ1v) is 35.9. The molecule has 18 rings (SSSR count). The minimum atomic E-state index is 0.433. The quantitative estimate of drug-likeness (QED) is 0.148. The fourth-order valence-electron chi connectivity index (χ4n) is 13.9. The van der Waals surface area contributed by atoms with Crippen LogP contribution in [0, 0.1) is 5.92 Å². The summed E-state index contributed by atoms with van der Waals surface area (Å²) in [5.41, 5.74) is 18.9. The lowest BCUT2D eigenvalue weighted by molar-refractivity contribution is 0.374. The fourth-order valence-corrected chi connectivity index (χ4v) is 13.9. The van der Waals surface area contributed by atoms with Crippen molar-refractivity contribution in [2.75, 3.05) is 56.5 Å². The van der Waals surface area contributed by atoms with E-state index < -0.39 is 0 Å². The molecule has 0 bridgehead atoms. The zero-order valence-corrected chi connectivity index (χ0v) is 61.5. The average Bonchev–Trinajstić information content (AvgIpc) is 0.772. The third-order valence-corrected chi connectivity index (χ3v) is 20.2. The molecule has 8 nitrogen and oxygen atoms in total. The van der Waals surface area contributed by atoms with Crippen LogP contribution >= 0.6 is 0 Å². The predicted octanol–water partition coefficient (Wildman–Crippen LogP) is 20.6. The van der Waals surface area contributed by atoms with Crippen LogP contribution in [0.15, 0.2) is 334 Å². The van der Waals surface area contributed by atoms with Crippen LogP contribution in [0.3, 0.4) is 0 Å². The Balaban J connectivity index is 0.000000118. The SMILES string of the molecule is CC1=c2ccccc2=CC2=CC=CCN21.CC1C=CC=C2C=CC=CN21.CC1C=CC=CN1C.CC1C=CN(C)C=C1.CC1C=CN(C)c2cc3ccccc3cc21.CC1C=CN(C)c2ccccc21.CC1c2ccccc2C=C2C=CC=CN21.CC1c2ccccc2N(C)c2ccccc21. The Hall–Kier alpha value is -11.0. The largest absolute Gasteiger partial charge is 0.374 e. The van der Waals surface area contributed by atoms with Gasteiger partial charge < -0.3 is 39.2 Å². The van der Waals surface area contributed by atoms with Crippen molar-refractivity contribution in [3.05, 3.63) is 377 Å². The number of hydrogen-bond acceptors (Lipinski definition) is 8. The van der Waals surface area contributed by atoms with Gasteiger partial charge in [0.2, 0.25) is 0 Å². The Labute approximate surface area is 603 Å². The summed E-state index contributed by atoms with van der Waals surface area (Å²) < 4.78 is 0. The first-order valence-electron chi connectivity index (χ1n) is 35.9. The smallest absolute Gasteiger partial charge is 0.0563 e. The minimum absolute atomic E-state index is 0.433. The summed E-state index contributed by atoms with van der Waals surface area (Å²) in [7, 11) is 10.4. The molecule has 5 unspecified atom stereocenters. The average molecular weight is 1330 g/mol. The minimum Gasteiger partial charge on any atom is -0.374 e. The molecular weight excluding hydrogens is 1230 g/mol. The molecule has 0 aromatic heterocycles. The number of benzene rings is 7. The number of anilines is 4. The molecule has 7 aromatic rings. The molecule has 8 heteroatoms. The van der Waals surface area contributed by atoms with Gasteiger partial charge in [0.25, 0.3) is 0 Å². The molecule has 11 aliphatic rings. The van der Waals surface area contributed by atoms with E-state index in [2.05, 4.69) is 441 Å². The highest BCUT2D eigenvalue weighted by Gasteiger charge is 2.26. The Morgan fingerprint density at radius 3 is 1.57 bits per heavy atom. The molecule has 0 saturated carbocycles. The van der Waals surface area contributed by atoms with E-state index in [1.807, 2.05) is 18.0 Å². The summed E-state index contributed by atoms with van der Waals surface area (Å²) in [5, 5.41) is 5.32. The van der Waals surface area contributed by atoms with E-state index in [1.165, 1.54) is 100 Å². The highest BCUT2D eigenvalue weighted by molar-refractivity contribution is 5.88. The highest BCUT2D eigenvalue weighted by Crippen LogP contribution is 2.44. The molecule has 5 atom stereocenters. The van der Waals surface area contributed by atoms with Crippen LogP contribution in [0.2, 0.25) is 0 Å². The lowest BCUT2D eigenvalue weighted by Crippen LogP contribution is -2.38. The molecule has 0 aliphatic carbocycles. The molecule has 11 aliphatic heterocycles. The predicted molar refractivity (Wildman–Crippen MR) is 434 cm³/mol. The first kappa shape index (κ1) is 71.3. The third-order valence-electron chi connectivity index (χ3n) is 20.2. The van der Waals surface area contributed by atoms with E-state index in [-0.39, 0.29) is 0 Å². The van der Waals surface area contributed by atoms with Gasteiger partial charge in [0.1, 0.15) is 0 Å². The highest BCUT2D eigenvalue weighted by atomic mass is 15.2. The molecule has 101 heavy (non-hydrogen) atoms. The van der Waals surface area contributed by atoms with E-state index in [0.717, 1.165) is 6.54 Å². The van der Waals surface area contributed by atoms with Gasteiger partial charge in [-0.15, -0.1) is 0 Å². The van der Waals surface area contributed by atoms with Gasteiger partial charge in [0.15, 0.2) is 0 Å². The zero-order valence-electron chi connectivity index (χ0n) is 61.5. The molecule has 0 amide bonds. The molecular formula is C93H102N8. The summed E-state index contributed by atoms with van der Waals surface area (Å²) in [6.07, 6.45) is 59.8. The number of rotatable bonds is 0. The molecule has 7 aromatic carbocycles. The Kier molecular flexibility index (Phi) is 23.8. The van der Waals surface area contributed by atoms with Crippen LogP contribution in [0.25, 0.3) is 28.6 Å². The summed E-state index contributed by atoms with van der Waals surface area (Å²) in [5.74, 6) is 2.17. The van der Waals surface area contributed by atoms with Crippen molar-refractivity contribution in [3.8, 4) is 0 Å². The van der Waals surface area contributed by atoms with Crippen LogP contribution in [-0.2, 0) is 0 Å². The van der Waals surface area contributed by atoms with Crippen molar-refractivity contribution in [1.29, 1.82) is 0 Å². The maximum atomic E-state index is 2.35. The Morgan fingerprint density at radius 1 is 0.386 bits per heavy atom. The van der Waals surface area contributed by atoms with E-state index in [1.54, 1.807) is 0 Å². The number of allylic oxidation sites excluding steroid dienone is 17. The van der Waals surface area contributed by atoms with Gasteiger partial charge in [-0.25, -0.2) is 0 Å². The van der Waals surface area contributed by atoms with Crippen LogP contribution in [0.5, 0.6) is 0 Å². The fraction of sp³-hybridized carbons (Fsp3) is 0.226. The van der Waals surface area contributed by atoms with Gasteiger partial charge in [0.05, 0.1) is 6.04 Å². The molecule has 0 saturated heterocycles. The molecule has 514 valence electrons. The van der Waals surface area contributed by atoms with Gasteiger partial charge in [-0.05, 0) is 187 Å². The van der Waals surface area contributed by atoms with Crippen molar-refractivity contribution >= 4 is 51.4 Å². The summed E-state index contributed by atoms with van der Waals surface area (Å²) in [4.78, 5) is 17.8. The van der Waals surface area contributed by atoms with Crippen molar-refractivity contribution in [2.24, 2.45) is 5.92 Å². The van der Waals surface area contributed by atoms with Crippen LogP contribution in [0.1, 0.15) is 113 Å². The van der Waals surface area contributed by atoms with Crippen molar-refractivity contribution in [1.82, 2.24) is 24.5 Å². The topological polar surface area (TPSA) is 25.9 Å². The van der Waals surface area contributed by atoms with Crippen molar-refractivity contribution < 1.29 is 0 Å². The zero-order chi connectivity index (χ0) is 70.9. The summed E-state index contributed by atoms with van der Waals surface area (Å²) in [6.45, 7) is 18.7. The third kappa shape index (κ3) is 17.4. The number of likely N-dealkylation sites (N-methyl/N-ethyl adjacent to an activating group) is 1. The number of para-hydroxylation sites is 3. The van der Waals surface area contributed by atoms with Crippen LogP contribution in [-0.4, -0.2) is 78.4 Å². The van der Waals surface area contributed by atoms with Crippen molar-refractivity contribution in [3.63, 3.8) is 0 Å². The number of fused-ring (bicyclic) bond motifs is 10. The van der Waals surface area contributed by atoms with Gasteiger partial charge >= 0.3 is 0 Å². The van der Waals surface area contributed by atoms with E-state index in [9.17, 15) is 0 Å². The maximum Gasteiger partial charge on any atom is 0.0563 e. The Morgan fingerprint density at radius 2 is 0.931 bits per heavy atom. The second-order valence-corrected chi connectivity index (χ2v) is 27.3. The molecule has 0 radical (unpaired) electrons. The first-order chi connectivity index (χ1) is 49.0. The second kappa shape index (κ2) is 33.7. The number of nitrogens with zero attached hydrogens (tertiary/aromatic N) is 8. The molecule has 0 spiro atoms. The molecule has 0 fully saturated rings. The standard InChI is InChI=1S/2C15H15N.2C14H13N.C11H13N.C10H11N.2C7H11N/c1-11-12-7-3-5-9-14(12)16(2)15-10-6-4-8-13(11)15;1-11-7-8-16(2)15-10-13-6-4-3-5-12(13)9-14(11)15;2*1-11-14-8-3-2-6-12(14)10-13-7-4-5-9-15(11)13;1-9-7-8-12(2)11-6-4-3-5-10(9)11;1-9-5-4-7-10-6-2-3-8-11(9)10;1-7-3-5-8(2)6-4-7;1-7-5-3-4-6-8(7)2/h2*3-11H,1-2H3;2-8,10H,9H2,1H3;2-11H,1H3;3-9H,1-2H3;2-9H,1H3;2*3-7H,1-2H3. The van der Waals surface area contributed by atoms with Gasteiger partial charge in [-0.2, -0.15) is 0 Å². The molecule has 11 heterocycles. The van der Waals surface area contributed by atoms with E-state index in [0.29, 0.717) is 41.8 Å².